The molecule has 20 heavy (non-hydrogen) atoms. The van der Waals surface area contributed by atoms with Gasteiger partial charge in [-0.1, -0.05) is 12.1 Å². The second kappa shape index (κ2) is 5.92. The molecule has 2 aliphatic heterocycles. The Labute approximate surface area is 118 Å². The molecule has 1 atom stereocenters. The van der Waals surface area contributed by atoms with Crippen LogP contribution in [0.5, 0.6) is 0 Å². The number of likely N-dealkylation sites (tertiary alicyclic amines) is 1. The van der Waals surface area contributed by atoms with E-state index in [0.29, 0.717) is 12.5 Å². The second-order valence-corrected chi connectivity index (χ2v) is 5.65. The first kappa shape index (κ1) is 13.6. The van der Waals surface area contributed by atoms with E-state index in [2.05, 4.69) is 0 Å². The Hall–Kier alpha value is -1.42. The van der Waals surface area contributed by atoms with Gasteiger partial charge in [0, 0.05) is 19.7 Å². The Morgan fingerprint density at radius 1 is 1.15 bits per heavy atom. The molecule has 1 amide bonds. The number of amides is 1. The molecule has 0 saturated carbocycles. The minimum absolute atomic E-state index is 0.153. The molecule has 2 saturated heterocycles. The molecular weight excluding hydrogens is 257 g/mol. The maximum Gasteiger partial charge on any atom is 0.251 e. The van der Waals surface area contributed by atoms with Gasteiger partial charge in [0.2, 0.25) is 0 Å². The Bertz CT molecular complexity index is 460. The number of ether oxygens (including phenoxy) is 1. The number of carbonyl (C=O) groups is 1. The van der Waals surface area contributed by atoms with Gasteiger partial charge >= 0.3 is 0 Å². The minimum Gasteiger partial charge on any atom is -0.368 e. The standard InChI is InChI=1S/C16H20FNO2/c17-14-5-3-12(4-6-14)13-7-9-18(10-8-13)16(19)15-2-1-11-20-15/h3-6,13,15H,1-2,7-11H2/t15-/m1/s1. The molecule has 108 valence electrons. The smallest absolute Gasteiger partial charge is 0.251 e. The number of hydrogen-bond acceptors (Lipinski definition) is 2. The molecule has 2 heterocycles. The molecule has 0 radical (unpaired) electrons. The van der Waals surface area contributed by atoms with Crippen LogP contribution in [-0.4, -0.2) is 36.6 Å². The van der Waals surface area contributed by atoms with E-state index in [1.807, 2.05) is 17.0 Å². The summed E-state index contributed by atoms with van der Waals surface area (Å²) in [5.74, 6) is 0.393. The SMILES string of the molecule is O=C([C@H]1CCCO1)N1CCC(c2ccc(F)cc2)CC1. The fraction of sp³-hybridized carbons (Fsp3) is 0.562. The summed E-state index contributed by atoms with van der Waals surface area (Å²) in [6.45, 7) is 2.27. The number of halogens is 1. The first-order valence-electron chi connectivity index (χ1n) is 7.40. The molecule has 0 aromatic heterocycles. The normalized spacial score (nSPS) is 24.1. The van der Waals surface area contributed by atoms with Crippen LogP contribution >= 0.6 is 0 Å². The predicted molar refractivity (Wildman–Crippen MR) is 73.9 cm³/mol. The first-order chi connectivity index (χ1) is 9.74. The molecule has 1 aromatic rings. The fourth-order valence-electron chi connectivity index (χ4n) is 3.14. The lowest BCUT2D eigenvalue weighted by atomic mass is 9.89. The average Bonchev–Trinajstić information content (AvgIpc) is 3.02. The van der Waals surface area contributed by atoms with Crippen LogP contribution in [0.4, 0.5) is 4.39 Å². The van der Waals surface area contributed by atoms with Crippen LogP contribution in [0.15, 0.2) is 24.3 Å². The lowest BCUT2D eigenvalue weighted by Gasteiger charge is -2.33. The Balaban J connectivity index is 1.56. The fourth-order valence-corrected chi connectivity index (χ4v) is 3.14. The van der Waals surface area contributed by atoms with Crippen molar-refractivity contribution in [1.29, 1.82) is 0 Å². The van der Waals surface area contributed by atoms with Crippen molar-refractivity contribution in [3.8, 4) is 0 Å². The largest absolute Gasteiger partial charge is 0.368 e. The van der Waals surface area contributed by atoms with E-state index in [1.165, 1.54) is 17.7 Å². The molecule has 2 fully saturated rings. The zero-order valence-corrected chi connectivity index (χ0v) is 11.6. The Morgan fingerprint density at radius 3 is 2.45 bits per heavy atom. The highest BCUT2D eigenvalue weighted by molar-refractivity contribution is 5.81. The van der Waals surface area contributed by atoms with Crippen LogP contribution < -0.4 is 0 Å². The van der Waals surface area contributed by atoms with Crippen molar-refractivity contribution < 1.29 is 13.9 Å². The summed E-state index contributed by atoms with van der Waals surface area (Å²) in [4.78, 5) is 14.2. The third kappa shape index (κ3) is 2.85. The summed E-state index contributed by atoms with van der Waals surface area (Å²) < 4.78 is 18.4. The topological polar surface area (TPSA) is 29.5 Å². The van der Waals surface area contributed by atoms with Crippen molar-refractivity contribution in [2.24, 2.45) is 0 Å². The Kier molecular flexibility index (Phi) is 4.01. The summed E-state index contributed by atoms with van der Waals surface area (Å²) in [7, 11) is 0. The Morgan fingerprint density at radius 2 is 1.85 bits per heavy atom. The quantitative estimate of drug-likeness (QED) is 0.832. The highest BCUT2D eigenvalue weighted by Crippen LogP contribution is 2.29. The maximum atomic E-state index is 12.9. The monoisotopic (exact) mass is 277 g/mol. The van der Waals surface area contributed by atoms with Gasteiger partial charge in [-0.25, -0.2) is 4.39 Å². The van der Waals surface area contributed by atoms with Crippen LogP contribution in [0, 0.1) is 5.82 Å². The molecule has 0 bridgehead atoms. The molecule has 0 spiro atoms. The number of nitrogens with zero attached hydrogens (tertiary/aromatic N) is 1. The second-order valence-electron chi connectivity index (χ2n) is 5.65. The van der Waals surface area contributed by atoms with Crippen molar-refractivity contribution in [2.45, 2.75) is 37.7 Å². The van der Waals surface area contributed by atoms with E-state index >= 15 is 0 Å². The van der Waals surface area contributed by atoms with Gasteiger partial charge in [0.1, 0.15) is 11.9 Å². The van der Waals surface area contributed by atoms with Gasteiger partial charge in [0.05, 0.1) is 0 Å². The summed E-state index contributed by atoms with van der Waals surface area (Å²) in [5, 5.41) is 0. The number of rotatable bonds is 2. The number of carbonyl (C=O) groups excluding carboxylic acids is 1. The number of piperidine rings is 1. The maximum absolute atomic E-state index is 12.9. The first-order valence-corrected chi connectivity index (χ1v) is 7.40. The zero-order valence-electron chi connectivity index (χ0n) is 11.6. The lowest BCUT2D eigenvalue weighted by Crippen LogP contribution is -2.43. The number of hydrogen-bond donors (Lipinski definition) is 0. The third-order valence-electron chi connectivity index (χ3n) is 4.35. The summed E-state index contributed by atoms with van der Waals surface area (Å²) in [5.41, 5.74) is 1.18. The van der Waals surface area contributed by atoms with Crippen molar-refractivity contribution in [3.63, 3.8) is 0 Å². The molecule has 0 N–H and O–H groups in total. The van der Waals surface area contributed by atoms with Crippen molar-refractivity contribution >= 4 is 5.91 Å². The molecule has 0 unspecified atom stereocenters. The molecule has 3 nitrogen and oxygen atoms in total. The highest BCUT2D eigenvalue weighted by atomic mass is 19.1. The third-order valence-corrected chi connectivity index (χ3v) is 4.35. The van der Waals surface area contributed by atoms with Crippen LogP contribution in [0.2, 0.25) is 0 Å². The lowest BCUT2D eigenvalue weighted by molar-refractivity contribution is -0.142. The van der Waals surface area contributed by atoms with Crippen molar-refractivity contribution in [1.82, 2.24) is 4.90 Å². The van der Waals surface area contributed by atoms with Gasteiger partial charge in [-0.05, 0) is 49.3 Å². The highest BCUT2D eigenvalue weighted by Gasteiger charge is 2.31. The van der Waals surface area contributed by atoms with Gasteiger partial charge in [-0.15, -0.1) is 0 Å². The number of benzene rings is 1. The molecule has 3 rings (SSSR count). The predicted octanol–water partition coefficient (Wildman–Crippen LogP) is 2.71. The van der Waals surface area contributed by atoms with E-state index in [-0.39, 0.29) is 17.8 Å². The molecule has 1 aromatic carbocycles. The van der Waals surface area contributed by atoms with Crippen LogP contribution in [0.3, 0.4) is 0 Å². The molecule has 0 aliphatic carbocycles. The summed E-state index contributed by atoms with van der Waals surface area (Å²) in [6.07, 6.45) is 3.53. The van der Waals surface area contributed by atoms with Gasteiger partial charge in [0.15, 0.2) is 0 Å². The van der Waals surface area contributed by atoms with Crippen molar-refractivity contribution in [3.05, 3.63) is 35.6 Å². The van der Waals surface area contributed by atoms with Crippen molar-refractivity contribution in [2.75, 3.05) is 19.7 Å². The van der Waals surface area contributed by atoms with Gasteiger partial charge < -0.3 is 9.64 Å². The van der Waals surface area contributed by atoms with Crippen LogP contribution in [-0.2, 0) is 9.53 Å². The van der Waals surface area contributed by atoms with Crippen LogP contribution in [0.1, 0.15) is 37.2 Å². The summed E-state index contributed by atoms with van der Waals surface area (Å²) in [6, 6.07) is 6.74. The zero-order chi connectivity index (χ0) is 13.9. The average molecular weight is 277 g/mol. The van der Waals surface area contributed by atoms with E-state index in [4.69, 9.17) is 4.74 Å². The molecule has 4 heteroatoms. The van der Waals surface area contributed by atoms with E-state index < -0.39 is 0 Å². The van der Waals surface area contributed by atoms with E-state index in [9.17, 15) is 9.18 Å². The summed E-state index contributed by atoms with van der Waals surface area (Å²) >= 11 is 0. The van der Waals surface area contributed by atoms with E-state index in [1.54, 1.807) is 0 Å². The molecular formula is C16H20FNO2. The van der Waals surface area contributed by atoms with Gasteiger partial charge in [0.25, 0.3) is 5.91 Å². The van der Waals surface area contributed by atoms with E-state index in [0.717, 1.165) is 38.8 Å². The van der Waals surface area contributed by atoms with Crippen LogP contribution in [0.25, 0.3) is 0 Å². The van der Waals surface area contributed by atoms with Gasteiger partial charge in [-0.2, -0.15) is 0 Å². The van der Waals surface area contributed by atoms with Gasteiger partial charge in [-0.3, -0.25) is 4.79 Å². The molecule has 2 aliphatic rings. The minimum atomic E-state index is -0.211.